The van der Waals surface area contributed by atoms with Crippen LogP contribution in [0.25, 0.3) is 0 Å². The fraction of sp³-hybridized carbons (Fsp3) is 0.500. The lowest BCUT2D eigenvalue weighted by molar-refractivity contribution is -0.119. The van der Waals surface area contributed by atoms with E-state index in [0.717, 1.165) is 37.5 Å². The number of urea groups is 1. The third-order valence-electron chi connectivity index (χ3n) is 3.94. The molecule has 2 N–H and O–H groups in total. The minimum Gasteiger partial charge on any atom is -0.356 e. The van der Waals surface area contributed by atoms with Crippen LogP contribution in [0.15, 0.2) is 18.2 Å². The molecule has 1 aliphatic heterocycles. The number of rotatable bonds is 4. The van der Waals surface area contributed by atoms with Crippen molar-refractivity contribution >= 4 is 17.6 Å². The van der Waals surface area contributed by atoms with E-state index in [2.05, 4.69) is 10.6 Å². The number of hydrogen-bond donors (Lipinski definition) is 2. The maximum atomic E-state index is 13.1. The molecule has 3 amide bonds. The van der Waals surface area contributed by atoms with Gasteiger partial charge in [-0.1, -0.05) is 0 Å². The topological polar surface area (TPSA) is 61.4 Å². The Morgan fingerprint density at radius 3 is 2.35 bits per heavy atom. The van der Waals surface area contributed by atoms with E-state index in [1.807, 2.05) is 0 Å². The van der Waals surface area contributed by atoms with Crippen LogP contribution in [0.3, 0.4) is 0 Å². The van der Waals surface area contributed by atoms with Crippen LogP contribution in [0, 0.1) is 17.6 Å². The molecule has 1 aliphatic rings. The number of piperidine rings is 1. The van der Waals surface area contributed by atoms with E-state index < -0.39 is 11.6 Å². The summed E-state index contributed by atoms with van der Waals surface area (Å²) in [7, 11) is 0. The smallest absolute Gasteiger partial charge is 0.321 e. The molecule has 1 fully saturated rings. The third-order valence-corrected chi connectivity index (χ3v) is 3.94. The second kappa shape index (κ2) is 7.89. The van der Waals surface area contributed by atoms with Crippen LogP contribution >= 0.6 is 0 Å². The van der Waals surface area contributed by atoms with Gasteiger partial charge >= 0.3 is 6.03 Å². The standard InChI is InChI=1S/C16H21F2N3O2/c1-11(22)19-5-2-12-3-6-21(7-4-12)16(23)20-15-9-13(17)8-14(18)10-15/h8-10,12H,2-7H2,1H3,(H,19,22)(H,20,23). The highest BCUT2D eigenvalue weighted by Gasteiger charge is 2.22. The Morgan fingerprint density at radius 1 is 1.17 bits per heavy atom. The van der Waals surface area contributed by atoms with Gasteiger partial charge in [-0.05, 0) is 37.3 Å². The summed E-state index contributed by atoms with van der Waals surface area (Å²) in [4.78, 5) is 24.6. The Labute approximate surface area is 134 Å². The lowest BCUT2D eigenvalue weighted by Crippen LogP contribution is -2.41. The monoisotopic (exact) mass is 325 g/mol. The Hall–Kier alpha value is -2.18. The predicted octanol–water partition coefficient (Wildman–Crippen LogP) is 2.73. The first-order chi connectivity index (χ1) is 10.9. The third kappa shape index (κ3) is 5.50. The zero-order valence-corrected chi connectivity index (χ0v) is 13.1. The number of carbonyl (C=O) groups is 2. The molecule has 1 saturated heterocycles. The molecule has 0 saturated carbocycles. The first kappa shape index (κ1) is 17.2. The molecule has 126 valence electrons. The van der Waals surface area contributed by atoms with Crippen LogP contribution in [-0.2, 0) is 4.79 Å². The largest absolute Gasteiger partial charge is 0.356 e. The zero-order chi connectivity index (χ0) is 16.8. The maximum Gasteiger partial charge on any atom is 0.321 e. The Bertz CT molecular complexity index is 552. The summed E-state index contributed by atoms with van der Waals surface area (Å²) < 4.78 is 26.2. The molecule has 23 heavy (non-hydrogen) atoms. The number of nitrogens with zero attached hydrogens (tertiary/aromatic N) is 1. The molecule has 1 aromatic rings. The van der Waals surface area contributed by atoms with E-state index in [-0.39, 0.29) is 17.6 Å². The molecule has 0 unspecified atom stereocenters. The number of benzene rings is 1. The van der Waals surface area contributed by atoms with Gasteiger partial charge in [0, 0.05) is 38.3 Å². The van der Waals surface area contributed by atoms with Gasteiger partial charge in [-0.2, -0.15) is 0 Å². The lowest BCUT2D eigenvalue weighted by atomic mass is 9.94. The van der Waals surface area contributed by atoms with E-state index in [1.165, 1.54) is 6.92 Å². The van der Waals surface area contributed by atoms with Gasteiger partial charge in [0.15, 0.2) is 0 Å². The minimum absolute atomic E-state index is 0.0378. The highest BCUT2D eigenvalue weighted by Crippen LogP contribution is 2.21. The molecule has 0 radical (unpaired) electrons. The van der Waals surface area contributed by atoms with E-state index in [1.54, 1.807) is 4.90 Å². The second-order valence-corrected chi connectivity index (χ2v) is 5.79. The zero-order valence-electron chi connectivity index (χ0n) is 13.1. The fourth-order valence-electron chi connectivity index (χ4n) is 2.71. The number of halogens is 2. The second-order valence-electron chi connectivity index (χ2n) is 5.79. The van der Waals surface area contributed by atoms with Crippen molar-refractivity contribution in [3.63, 3.8) is 0 Å². The van der Waals surface area contributed by atoms with Crippen molar-refractivity contribution in [2.24, 2.45) is 5.92 Å². The molecule has 0 spiro atoms. The van der Waals surface area contributed by atoms with E-state index in [0.29, 0.717) is 25.6 Å². The number of carbonyl (C=O) groups excluding carboxylic acids is 2. The molecular formula is C16H21F2N3O2. The molecule has 1 aromatic carbocycles. The van der Waals surface area contributed by atoms with Crippen molar-refractivity contribution in [1.82, 2.24) is 10.2 Å². The van der Waals surface area contributed by atoms with Crippen LogP contribution in [0.5, 0.6) is 0 Å². The van der Waals surface area contributed by atoms with Crippen LogP contribution in [-0.4, -0.2) is 36.5 Å². The average molecular weight is 325 g/mol. The van der Waals surface area contributed by atoms with Crippen molar-refractivity contribution in [2.45, 2.75) is 26.2 Å². The first-order valence-electron chi connectivity index (χ1n) is 7.70. The SMILES string of the molecule is CC(=O)NCCC1CCN(C(=O)Nc2cc(F)cc(F)c2)CC1. The van der Waals surface area contributed by atoms with Gasteiger partial charge in [-0.3, -0.25) is 4.79 Å². The van der Waals surface area contributed by atoms with Crippen LogP contribution in [0.4, 0.5) is 19.3 Å². The van der Waals surface area contributed by atoms with Crippen molar-refractivity contribution in [2.75, 3.05) is 25.0 Å². The van der Waals surface area contributed by atoms with Gasteiger partial charge < -0.3 is 15.5 Å². The van der Waals surface area contributed by atoms with Crippen molar-refractivity contribution < 1.29 is 18.4 Å². The Morgan fingerprint density at radius 2 is 1.78 bits per heavy atom. The molecule has 1 heterocycles. The number of anilines is 1. The van der Waals surface area contributed by atoms with Gasteiger partial charge in [0.1, 0.15) is 11.6 Å². The Balaban J connectivity index is 1.78. The highest BCUT2D eigenvalue weighted by atomic mass is 19.1. The number of hydrogen-bond acceptors (Lipinski definition) is 2. The number of nitrogens with one attached hydrogen (secondary N) is 2. The van der Waals surface area contributed by atoms with Gasteiger partial charge in [0.2, 0.25) is 5.91 Å². The van der Waals surface area contributed by atoms with Gasteiger partial charge in [0.25, 0.3) is 0 Å². The molecule has 0 aromatic heterocycles. The summed E-state index contributed by atoms with van der Waals surface area (Å²) in [6.07, 6.45) is 2.60. The summed E-state index contributed by atoms with van der Waals surface area (Å²) in [5.41, 5.74) is 0.111. The number of amides is 3. The van der Waals surface area contributed by atoms with Crippen molar-refractivity contribution in [3.8, 4) is 0 Å². The average Bonchev–Trinajstić information content (AvgIpc) is 2.46. The van der Waals surface area contributed by atoms with Gasteiger partial charge in [-0.25, -0.2) is 13.6 Å². The predicted molar refractivity (Wildman–Crippen MR) is 83.0 cm³/mol. The number of likely N-dealkylation sites (tertiary alicyclic amines) is 1. The summed E-state index contributed by atoms with van der Waals surface area (Å²) in [5.74, 6) is -1.02. The Kier molecular flexibility index (Phi) is 5.90. The molecule has 5 nitrogen and oxygen atoms in total. The van der Waals surface area contributed by atoms with Crippen molar-refractivity contribution in [3.05, 3.63) is 29.8 Å². The fourth-order valence-corrected chi connectivity index (χ4v) is 2.71. The van der Waals surface area contributed by atoms with E-state index >= 15 is 0 Å². The van der Waals surface area contributed by atoms with Crippen LogP contribution in [0.2, 0.25) is 0 Å². The molecular weight excluding hydrogens is 304 g/mol. The molecule has 0 aliphatic carbocycles. The first-order valence-corrected chi connectivity index (χ1v) is 7.70. The minimum atomic E-state index is -0.725. The maximum absolute atomic E-state index is 13.1. The summed E-state index contributed by atoms with van der Waals surface area (Å²) >= 11 is 0. The molecule has 0 atom stereocenters. The molecule has 0 bridgehead atoms. The van der Waals surface area contributed by atoms with Crippen LogP contribution < -0.4 is 10.6 Å². The van der Waals surface area contributed by atoms with E-state index in [9.17, 15) is 18.4 Å². The molecule has 7 heteroatoms. The van der Waals surface area contributed by atoms with Gasteiger partial charge in [-0.15, -0.1) is 0 Å². The van der Waals surface area contributed by atoms with Gasteiger partial charge in [0.05, 0.1) is 0 Å². The normalized spacial score (nSPS) is 15.3. The highest BCUT2D eigenvalue weighted by molar-refractivity contribution is 5.89. The van der Waals surface area contributed by atoms with Crippen LogP contribution in [0.1, 0.15) is 26.2 Å². The summed E-state index contributed by atoms with van der Waals surface area (Å²) in [5, 5.41) is 5.28. The van der Waals surface area contributed by atoms with E-state index in [4.69, 9.17) is 0 Å². The van der Waals surface area contributed by atoms with Crippen molar-refractivity contribution in [1.29, 1.82) is 0 Å². The summed E-state index contributed by atoms with van der Waals surface area (Å²) in [6, 6.07) is 2.58. The quantitative estimate of drug-likeness (QED) is 0.894. The lowest BCUT2D eigenvalue weighted by Gasteiger charge is -2.32. The summed E-state index contributed by atoms with van der Waals surface area (Å²) in [6.45, 7) is 3.32. The molecule has 2 rings (SSSR count).